The first-order valence-electron chi connectivity index (χ1n) is 7.20. The number of hydrogen-bond acceptors (Lipinski definition) is 2. The highest BCUT2D eigenvalue weighted by Gasteiger charge is 2.25. The van der Waals surface area contributed by atoms with E-state index in [2.05, 4.69) is 32.2 Å². The van der Waals surface area contributed by atoms with Crippen molar-refractivity contribution in [3.63, 3.8) is 0 Å². The molecule has 0 radical (unpaired) electrons. The van der Waals surface area contributed by atoms with Gasteiger partial charge in [0, 0.05) is 30.7 Å². The molecule has 1 N–H and O–H groups in total. The summed E-state index contributed by atoms with van der Waals surface area (Å²) >= 11 is 3.64. The van der Waals surface area contributed by atoms with Gasteiger partial charge in [-0.25, -0.2) is 4.39 Å². The minimum Gasteiger partial charge on any atom is -0.314 e. The highest BCUT2D eigenvalue weighted by atomic mass is 79.9. The maximum atomic E-state index is 13.7. The van der Waals surface area contributed by atoms with E-state index in [1.165, 1.54) is 11.6 Å². The number of benzene rings is 2. The van der Waals surface area contributed by atoms with Crippen LogP contribution >= 0.6 is 15.9 Å². The topological polar surface area (TPSA) is 15.3 Å². The molecule has 2 aromatic carbocycles. The van der Waals surface area contributed by atoms with Gasteiger partial charge in [0.2, 0.25) is 0 Å². The molecule has 2 nitrogen and oxygen atoms in total. The molecule has 1 aliphatic rings. The standard InChI is InChI=1S/C17H18BrFN2/c18-16-7-2-1-6-15(16)17(21-10-8-20-9-11-21)13-4-3-5-14(19)12-13/h1-7,12,17,20H,8-11H2. The minimum absolute atomic E-state index is 0.0818. The summed E-state index contributed by atoms with van der Waals surface area (Å²) in [5.41, 5.74) is 2.19. The van der Waals surface area contributed by atoms with E-state index in [1.807, 2.05) is 24.3 Å². The number of piperazine rings is 1. The molecule has 0 aliphatic carbocycles. The van der Waals surface area contributed by atoms with Crippen molar-refractivity contribution in [2.75, 3.05) is 26.2 Å². The SMILES string of the molecule is Fc1cccc(C(c2ccccc2Br)N2CCNCC2)c1. The van der Waals surface area contributed by atoms with Gasteiger partial charge in [-0.3, -0.25) is 4.90 Å². The fourth-order valence-corrected chi connectivity index (χ4v) is 3.40. The molecule has 1 atom stereocenters. The van der Waals surface area contributed by atoms with Crippen LogP contribution in [-0.2, 0) is 0 Å². The van der Waals surface area contributed by atoms with Crippen molar-refractivity contribution in [2.45, 2.75) is 6.04 Å². The van der Waals surface area contributed by atoms with E-state index in [4.69, 9.17) is 0 Å². The second-order valence-corrected chi connectivity index (χ2v) is 6.12. The highest BCUT2D eigenvalue weighted by molar-refractivity contribution is 9.10. The summed E-state index contributed by atoms with van der Waals surface area (Å²) in [4.78, 5) is 2.41. The van der Waals surface area contributed by atoms with Crippen molar-refractivity contribution in [2.24, 2.45) is 0 Å². The van der Waals surface area contributed by atoms with Gasteiger partial charge in [0.15, 0.2) is 0 Å². The van der Waals surface area contributed by atoms with Gasteiger partial charge in [-0.1, -0.05) is 46.3 Å². The quantitative estimate of drug-likeness (QED) is 0.911. The molecule has 3 rings (SSSR count). The van der Waals surface area contributed by atoms with E-state index in [1.54, 1.807) is 12.1 Å². The molecule has 0 aromatic heterocycles. The smallest absolute Gasteiger partial charge is 0.123 e. The van der Waals surface area contributed by atoms with Crippen LogP contribution in [0.5, 0.6) is 0 Å². The fraction of sp³-hybridized carbons (Fsp3) is 0.294. The number of nitrogens with one attached hydrogen (secondary N) is 1. The van der Waals surface area contributed by atoms with Gasteiger partial charge in [0.05, 0.1) is 6.04 Å². The predicted molar refractivity (Wildman–Crippen MR) is 86.8 cm³/mol. The number of rotatable bonds is 3. The van der Waals surface area contributed by atoms with Crippen molar-refractivity contribution < 1.29 is 4.39 Å². The number of hydrogen-bond donors (Lipinski definition) is 1. The Balaban J connectivity index is 2.04. The lowest BCUT2D eigenvalue weighted by molar-refractivity contribution is 0.197. The monoisotopic (exact) mass is 348 g/mol. The minimum atomic E-state index is -0.181. The predicted octanol–water partition coefficient (Wildman–Crippen LogP) is 3.58. The largest absolute Gasteiger partial charge is 0.314 e. The maximum Gasteiger partial charge on any atom is 0.123 e. The van der Waals surface area contributed by atoms with Crippen molar-refractivity contribution in [1.82, 2.24) is 10.2 Å². The van der Waals surface area contributed by atoms with Crippen LogP contribution in [0.4, 0.5) is 4.39 Å². The van der Waals surface area contributed by atoms with Crippen LogP contribution in [0.15, 0.2) is 53.0 Å². The number of nitrogens with zero attached hydrogens (tertiary/aromatic N) is 1. The van der Waals surface area contributed by atoms with Gasteiger partial charge in [-0.15, -0.1) is 0 Å². The summed E-state index contributed by atoms with van der Waals surface area (Å²) in [6.07, 6.45) is 0. The summed E-state index contributed by atoms with van der Waals surface area (Å²) in [5, 5.41) is 3.37. The Hall–Kier alpha value is -1.23. The van der Waals surface area contributed by atoms with Crippen LogP contribution in [0.3, 0.4) is 0 Å². The molecular weight excluding hydrogens is 331 g/mol. The van der Waals surface area contributed by atoms with E-state index >= 15 is 0 Å². The summed E-state index contributed by atoms with van der Waals surface area (Å²) in [7, 11) is 0. The van der Waals surface area contributed by atoms with Crippen molar-refractivity contribution in [1.29, 1.82) is 0 Å². The lowest BCUT2D eigenvalue weighted by atomic mass is 9.96. The maximum absolute atomic E-state index is 13.7. The second kappa shape index (κ2) is 6.69. The molecule has 2 aromatic rings. The average molecular weight is 349 g/mol. The van der Waals surface area contributed by atoms with Crippen LogP contribution < -0.4 is 5.32 Å². The van der Waals surface area contributed by atoms with Gasteiger partial charge in [0.1, 0.15) is 5.82 Å². The normalized spacial score (nSPS) is 17.6. The lowest BCUT2D eigenvalue weighted by Crippen LogP contribution is -2.45. The molecule has 4 heteroatoms. The van der Waals surface area contributed by atoms with Gasteiger partial charge in [-0.05, 0) is 29.3 Å². The van der Waals surface area contributed by atoms with Crippen molar-refractivity contribution in [3.8, 4) is 0 Å². The molecule has 1 fully saturated rings. The molecule has 1 unspecified atom stereocenters. The molecule has 21 heavy (non-hydrogen) atoms. The molecule has 1 saturated heterocycles. The third kappa shape index (κ3) is 3.34. The van der Waals surface area contributed by atoms with Crippen LogP contribution in [0.1, 0.15) is 17.2 Å². The molecule has 1 aliphatic heterocycles. The van der Waals surface area contributed by atoms with Gasteiger partial charge < -0.3 is 5.32 Å². The highest BCUT2D eigenvalue weighted by Crippen LogP contribution is 2.33. The Morgan fingerprint density at radius 2 is 1.81 bits per heavy atom. The Kier molecular flexibility index (Phi) is 4.68. The third-order valence-electron chi connectivity index (χ3n) is 3.88. The Morgan fingerprint density at radius 3 is 2.52 bits per heavy atom. The van der Waals surface area contributed by atoms with Crippen LogP contribution in [0.25, 0.3) is 0 Å². The van der Waals surface area contributed by atoms with E-state index in [0.29, 0.717) is 0 Å². The van der Waals surface area contributed by atoms with Gasteiger partial charge in [-0.2, -0.15) is 0 Å². The summed E-state index contributed by atoms with van der Waals surface area (Å²) in [5.74, 6) is -0.181. The first-order chi connectivity index (χ1) is 10.3. The first-order valence-corrected chi connectivity index (χ1v) is 7.99. The molecular formula is C17H18BrFN2. The van der Waals surface area contributed by atoms with Crippen molar-refractivity contribution >= 4 is 15.9 Å². The summed E-state index contributed by atoms with van der Waals surface area (Å²) < 4.78 is 14.7. The zero-order valence-electron chi connectivity index (χ0n) is 11.7. The van der Waals surface area contributed by atoms with E-state index in [9.17, 15) is 4.39 Å². The summed E-state index contributed by atoms with van der Waals surface area (Å²) in [6.45, 7) is 3.86. The second-order valence-electron chi connectivity index (χ2n) is 5.27. The third-order valence-corrected chi connectivity index (χ3v) is 4.60. The molecule has 0 amide bonds. The van der Waals surface area contributed by atoms with E-state index < -0.39 is 0 Å². The fourth-order valence-electron chi connectivity index (χ4n) is 2.90. The average Bonchev–Trinajstić information content (AvgIpc) is 2.51. The number of halogens is 2. The molecule has 110 valence electrons. The Bertz CT molecular complexity index is 611. The lowest BCUT2D eigenvalue weighted by Gasteiger charge is -2.36. The van der Waals surface area contributed by atoms with Gasteiger partial charge in [0.25, 0.3) is 0 Å². The zero-order valence-corrected chi connectivity index (χ0v) is 13.3. The molecule has 0 bridgehead atoms. The van der Waals surface area contributed by atoms with Crippen LogP contribution in [0, 0.1) is 5.82 Å². The van der Waals surface area contributed by atoms with Crippen LogP contribution in [0.2, 0.25) is 0 Å². The Morgan fingerprint density at radius 1 is 1.05 bits per heavy atom. The zero-order chi connectivity index (χ0) is 14.7. The van der Waals surface area contributed by atoms with E-state index in [-0.39, 0.29) is 11.9 Å². The van der Waals surface area contributed by atoms with Crippen LogP contribution in [-0.4, -0.2) is 31.1 Å². The summed E-state index contributed by atoms with van der Waals surface area (Å²) in [6, 6.07) is 15.2. The molecule has 0 spiro atoms. The van der Waals surface area contributed by atoms with Gasteiger partial charge >= 0.3 is 0 Å². The molecule has 1 heterocycles. The first kappa shape index (κ1) is 14.7. The van der Waals surface area contributed by atoms with Crippen molar-refractivity contribution in [3.05, 3.63) is 69.9 Å². The molecule has 0 saturated carbocycles. The Labute approximate surface area is 133 Å². The van der Waals surface area contributed by atoms with E-state index in [0.717, 1.165) is 36.2 Å².